The molecule has 0 amide bonds. The second-order valence-electron chi connectivity index (χ2n) is 5.55. The predicted octanol–water partition coefficient (Wildman–Crippen LogP) is 3.40. The minimum Gasteiger partial charge on any atom is -0.358 e. The standard InChI is InChI=1S/C15H16N2O4S2/c1-23(20,21)11-6-7-12(14(10-11)17(18)19)16-8-2-4-13(16)15-5-3-9-22-15/h3,5-7,9-10,13H,2,4,8H2,1H3/t13-/m1/s1. The van der Waals surface area contributed by atoms with Gasteiger partial charge in [-0.05, 0) is 36.4 Å². The van der Waals surface area contributed by atoms with E-state index in [1.54, 1.807) is 17.4 Å². The van der Waals surface area contributed by atoms with Crippen LogP contribution in [0.3, 0.4) is 0 Å². The van der Waals surface area contributed by atoms with E-state index in [1.165, 1.54) is 10.9 Å². The third-order valence-corrected chi connectivity index (χ3v) is 6.09. The van der Waals surface area contributed by atoms with Crippen LogP contribution in [0.1, 0.15) is 23.8 Å². The summed E-state index contributed by atoms with van der Waals surface area (Å²) in [5.41, 5.74) is 0.328. The highest BCUT2D eigenvalue weighted by Crippen LogP contribution is 2.42. The third kappa shape index (κ3) is 3.09. The molecule has 2 heterocycles. The van der Waals surface area contributed by atoms with Crippen molar-refractivity contribution >= 4 is 32.5 Å². The molecule has 23 heavy (non-hydrogen) atoms. The van der Waals surface area contributed by atoms with E-state index in [4.69, 9.17) is 0 Å². The van der Waals surface area contributed by atoms with Crippen LogP contribution in [0.4, 0.5) is 11.4 Å². The summed E-state index contributed by atoms with van der Waals surface area (Å²) in [6.07, 6.45) is 2.94. The van der Waals surface area contributed by atoms with Gasteiger partial charge in [-0.3, -0.25) is 10.1 Å². The molecule has 1 saturated heterocycles. The molecule has 0 unspecified atom stereocenters. The second kappa shape index (κ2) is 5.93. The molecule has 0 bridgehead atoms. The van der Waals surface area contributed by atoms with E-state index in [0.29, 0.717) is 5.69 Å². The average Bonchev–Trinajstić information content (AvgIpc) is 3.16. The maximum Gasteiger partial charge on any atom is 0.293 e. The first kappa shape index (κ1) is 15.9. The Hall–Kier alpha value is -1.93. The van der Waals surface area contributed by atoms with E-state index >= 15 is 0 Å². The smallest absolute Gasteiger partial charge is 0.293 e. The molecule has 0 aliphatic carbocycles. The van der Waals surface area contributed by atoms with Crippen LogP contribution in [0.2, 0.25) is 0 Å². The van der Waals surface area contributed by atoms with Crippen molar-refractivity contribution in [2.24, 2.45) is 0 Å². The zero-order valence-corrected chi connectivity index (χ0v) is 14.1. The van der Waals surface area contributed by atoms with Crippen molar-refractivity contribution in [1.29, 1.82) is 0 Å². The van der Waals surface area contributed by atoms with Crippen molar-refractivity contribution in [3.63, 3.8) is 0 Å². The van der Waals surface area contributed by atoms with Crippen molar-refractivity contribution in [1.82, 2.24) is 0 Å². The van der Waals surface area contributed by atoms with Crippen LogP contribution in [-0.4, -0.2) is 26.1 Å². The molecule has 6 nitrogen and oxygen atoms in total. The van der Waals surface area contributed by atoms with Gasteiger partial charge in [0.05, 0.1) is 15.9 Å². The molecule has 0 N–H and O–H groups in total. The average molecular weight is 352 g/mol. The first-order chi connectivity index (χ1) is 10.9. The molecule has 0 spiro atoms. The van der Waals surface area contributed by atoms with E-state index in [2.05, 4.69) is 0 Å². The number of anilines is 1. The fourth-order valence-corrected chi connectivity index (χ4v) is 4.47. The third-order valence-electron chi connectivity index (χ3n) is 4.01. The zero-order chi connectivity index (χ0) is 16.6. The van der Waals surface area contributed by atoms with Gasteiger partial charge >= 0.3 is 0 Å². The van der Waals surface area contributed by atoms with Gasteiger partial charge in [-0.1, -0.05) is 6.07 Å². The summed E-state index contributed by atoms with van der Waals surface area (Å²) < 4.78 is 23.3. The van der Waals surface area contributed by atoms with E-state index in [1.807, 2.05) is 22.4 Å². The maximum absolute atomic E-state index is 11.7. The number of sulfone groups is 1. The Morgan fingerprint density at radius 1 is 1.35 bits per heavy atom. The van der Waals surface area contributed by atoms with Gasteiger partial charge in [0.2, 0.25) is 0 Å². The Labute approximate surface area is 138 Å². The maximum atomic E-state index is 11.7. The van der Waals surface area contributed by atoms with Gasteiger partial charge in [0.1, 0.15) is 5.69 Å². The van der Waals surface area contributed by atoms with Gasteiger partial charge in [-0.25, -0.2) is 8.42 Å². The molecule has 1 aromatic carbocycles. The normalized spacial score (nSPS) is 18.3. The van der Waals surface area contributed by atoms with Crippen molar-refractivity contribution in [2.45, 2.75) is 23.8 Å². The Bertz CT molecular complexity index is 831. The Morgan fingerprint density at radius 3 is 2.74 bits per heavy atom. The largest absolute Gasteiger partial charge is 0.358 e. The fourth-order valence-electron chi connectivity index (χ4n) is 2.95. The van der Waals surface area contributed by atoms with E-state index in [9.17, 15) is 18.5 Å². The molecule has 0 saturated carbocycles. The quantitative estimate of drug-likeness (QED) is 0.622. The van der Waals surface area contributed by atoms with Gasteiger partial charge in [0.15, 0.2) is 9.84 Å². The molecule has 122 valence electrons. The van der Waals surface area contributed by atoms with E-state index in [-0.39, 0.29) is 16.6 Å². The minimum absolute atomic E-state index is 0.0279. The lowest BCUT2D eigenvalue weighted by molar-refractivity contribution is -0.384. The highest BCUT2D eigenvalue weighted by molar-refractivity contribution is 7.90. The molecule has 1 aliphatic heterocycles. The SMILES string of the molecule is CS(=O)(=O)c1ccc(N2CCC[C@@H]2c2cccs2)c([N+](=O)[O-])c1. The number of hydrogen-bond donors (Lipinski definition) is 0. The van der Waals surface area contributed by atoms with Crippen LogP contribution in [0.15, 0.2) is 40.6 Å². The summed E-state index contributed by atoms with van der Waals surface area (Å²) in [4.78, 5) is 14.1. The molecular weight excluding hydrogens is 336 g/mol. The summed E-state index contributed by atoms with van der Waals surface area (Å²) in [5, 5.41) is 13.4. The van der Waals surface area contributed by atoms with Crippen molar-refractivity contribution in [3.05, 3.63) is 50.7 Å². The topological polar surface area (TPSA) is 80.5 Å². The molecule has 8 heteroatoms. The highest BCUT2D eigenvalue weighted by Gasteiger charge is 2.32. The van der Waals surface area contributed by atoms with Crippen molar-refractivity contribution in [3.8, 4) is 0 Å². The van der Waals surface area contributed by atoms with Gasteiger partial charge in [-0.2, -0.15) is 0 Å². The number of thiophene rings is 1. The minimum atomic E-state index is -3.48. The number of nitro benzene ring substituents is 1. The van der Waals surface area contributed by atoms with E-state index < -0.39 is 14.8 Å². The molecule has 3 rings (SSSR count). The van der Waals surface area contributed by atoms with Crippen LogP contribution in [0.25, 0.3) is 0 Å². The molecule has 2 aromatic rings. The lowest BCUT2D eigenvalue weighted by Crippen LogP contribution is -2.23. The number of hydrogen-bond acceptors (Lipinski definition) is 6. The molecule has 0 radical (unpaired) electrons. The number of benzene rings is 1. The Morgan fingerprint density at radius 2 is 2.13 bits per heavy atom. The predicted molar refractivity (Wildman–Crippen MR) is 89.8 cm³/mol. The van der Waals surface area contributed by atoms with Crippen molar-refractivity contribution < 1.29 is 13.3 Å². The van der Waals surface area contributed by atoms with Gasteiger partial charge in [-0.15, -0.1) is 11.3 Å². The first-order valence-corrected chi connectivity index (χ1v) is 9.93. The zero-order valence-electron chi connectivity index (χ0n) is 12.5. The summed E-state index contributed by atoms with van der Waals surface area (Å²) in [6.45, 7) is 0.724. The van der Waals surface area contributed by atoms with Crippen LogP contribution in [0.5, 0.6) is 0 Å². The van der Waals surface area contributed by atoms with Gasteiger partial charge < -0.3 is 4.90 Å². The van der Waals surface area contributed by atoms with Crippen molar-refractivity contribution in [2.75, 3.05) is 17.7 Å². The van der Waals surface area contributed by atoms with Gasteiger partial charge in [0, 0.05) is 23.7 Å². The monoisotopic (exact) mass is 352 g/mol. The highest BCUT2D eigenvalue weighted by atomic mass is 32.2. The molecular formula is C15H16N2O4S2. The van der Waals surface area contributed by atoms with Crippen LogP contribution in [0, 0.1) is 10.1 Å². The number of nitro groups is 1. The Balaban J connectivity index is 2.07. The summed E-state index contributed by atoms with van der Waals surface area (Å²) in [6, 6.07) is 8.27. The van der Waals surface area contributed by atoms with E-state index in [0.717, 1.165) is 31.7 Å². The fraction of sp³-hybridized carbons (Fsp3) is 0.333. The summed E-state index contributed by atoms with van der Waals surface area (Å²) in [5.74, 6) is 0. The van der Waals surface area contributed by atoms with Crippen LogP contribution < -0.4 is 4.90 Å². The Kier molecular flexibility index (Phi) is 4.11. The summed E-state index contributed by atoms with van der Waals surface area (Å²) >= 11 is 1.63. The summed E-state index contributed by atoms with van der Waals surface area (Å²) in [7, 11) is -3.48. The lowest BCUT2D eigenvalue weighted by Gasteiger charge is -2.26. The second-order valence-corrected chi connectivity index (χ2v) is 8.54. The molecule has 1 aliphatic rings. The number of nitrogens with zero attached hydrogens (tertiary/aromatic N) is 2. The van der Waals surface area contributed by atoms with Crippen LogP contribution in [-0.2, 0) is 9.84 Å². The molecule has 1 fully saturated rings. The first-order valence-electron chi connectivity index (χ1n) is 7.16. The lowest BCUT2D eigenvalue weighted by atomic mass is 10.1. The molecule has 1 atom stereocenters. The van der Waals surface area contributed by atoms with Gasteiger partial charge in [0.25, 0.3) is 5.69 Å². The number of rotatable bonds is 4. The molecule has 1 aromatic heterocycles. The van der Waals surface area contributed by atoms with Crippen LogP contribution >= 0.6 is 11.3 Å².